The molecule has 1 unspecified atom stereocenters. The van der Waals surface area contributed by atoms with Gasteiger partial charge >= 0.3 is 0 Å². The van der Waals surface area contributed by atoms with E-state index in [0.717, 1.165) is 5.56 Å². The number of amides is 1. The first-order valence-electron chi connectivity index (χ1n) is 7.67. The second kappa shape index (κ2) is 7.35. The van der Waals surface area contributed by atoms with Gasteiger partial charge in [-0.15, -0.1) is 0 Å². The van der Waals surface area contributed by atoms with E-state index >= 15 is 0 Å². The van der Waals surface area contributed by atoms with Crippen molar-refractivity contribution in [2.75, 3.05) is 31.6 Å². The van der Waals surface area contributed by atoms with E-state index in [-0.39, 0.29) is 11.7 Å². The highest BCUT2D eigenvalue weighted by Gasteiger charge is 2.29. The lowest BCUT2D eigenvalue weighted by Crippen LogP contribution is -2.43. The molecule has 0 aromatic heterocycles. The normalized spacial score (nSPS) is 16.7. The van der Waals surface area contributed by atoms with E-state index in [9.17, 15) is 9.18 Å². The van der Waals surface area contributed by atoms with Crippen LogP contribution in [0.2, 0.25) is 0 Å². The molecule has 120 valence electrons. The molecule has 0 spiro atoms. The number of halogens is 1. The predicted molar refractivity (Wildman–Crippen MR) is 86.6 cm³/mol. The lowest BCUT2D eigenvalue weighted by molar-refractivity contribution is -0.123. The Morgan fingerprint density at radius 2 is 1.83 bits per heavy atom. The molecule has 1 heterocycles. The number of carbonyl (C=O) groups excluding carboxylic acids is 1. The Balaban J connectivity index is 1.83. The summed E-state index contributed by atoms with van der Waals surface area (Å²) in [5, 5.41) is 2.82. The van der Waals surface area contributed by atoms with E-state index in [1.54, 1.807) is 12.1 Å². The minimum atomic E-state index is -0.414. The topological polar surface area (TPSA) is 41.6 Å². The second-order valence-corrected chi connectivity index (χ2v) is 5.46. The number of benzene rings is 2. The molecule has 0 bridgehead atoms. The Morgan fingerprint density at radius 3 is 2.52 bits per heavy atom. The van der Waals surface area contributed by atoms with Crippen LogP contribution in [-0.4, -0.2) is 37.1 Å². The highest BCUT2D eigenvalue weighted by atomic mass is 19.1. The zero-order chi connectivity index (χ0) is 16.1. The van der Waals surface area contributed by atoms with Crippen molar-refractivity contribution in [2.24, 2.45) is 0 Å². The van der Waals surface area contributed by atoms with Gasteiger partial charge in [0.1, 0.15) is 11.9 Å². The number of hydrogen-bond donors (Lipinski definition) is 1. The third kappa shape index (κ3) is 3.94. The van der Waals surface area contributed by atoms with Gasteiger partial charge in [-0.25, -0.2) is 4.39 Å². The Kier molecular flexibility index (Phi) is 5.00. The van der Waals surface area contributed by atoms with E-state index in [2.05, 4.69) is 10.2 Å². The standard InChI is InChI=1S/C18H19FN2O2/c19-15-7-4-8-16(13-15)20-18(22)17(14-5-2-1-3-6-14)21-9-11-23-12-10-21/h1-8,13,17H,9-12H2,(H,20,22). The Bertz CT molecular complexity index is 657. The molecule has 23 heavy (non-hydrogen) atoms. The number of hydrogen-bond acceptors (Lipinski definition) is 3. The SMILES string of the molecule is O=C(Nc1cccc(F)c1)C(c1ccccc1)N1CCOCC1. The maximum absolute atomic E-state index is 13.3. The summed E-state index contributed by atoms with van der Waals surface area (Å²) >= 11 is 0. The maximum atomic E-state index is 13.3. The van der Waals surface area contributed by atoms with Crippen molar-refractivity contribution in [1.29, 1.82) is 0 Å². The molecule has 1 N–H and O–H groups in total. The quantitative estimate of drug-likeness (QED) is 0.943. The molecule has 1 amide bonds. The predicted octanol–water partition coefficient (Wildman–Crippen LogP) is 2.84. The monoisotopic (exact) mass is 314 g/mol. The molecule has 1 fully saturated rings. The lowest BCUT2D eigenvalue weighted by Gasteiger charge is -2.33. The van der Waals surface area contributed by atoms with E-state index in [1.807, 2.05) is 30.3 Å². The van der Waals surface area contributed by atoms with Crippen LogP contribution < -0.4 is 5.32 Å². The molecule has 3 rings (SSSR count). The second-order valence-electron chi connectivity index (χ2n) is 5.46. The summed E-state index contributed by atoms with van der Waals surface area (Å²) in [7, 11) is 0. The summed E-state index contributed by atoms with van der Waals surface area (Å²) in [5.41, 5.74) is 1.38. The van der Waals surface area contributed by atoms with Crippen molar-refractivity contribution in [3.05, 3.63) is 66.0 Å². The maximum Gasteiger partial charge on any atom is 0.246 e. The van der Waals surface area contributed by atoms with Gasteiger partial charge in [0.05, 0.1) is 13.2 Å². The Labute approximate surface area is 134 Å². The van der Waals surface area contributed by atoms with Gasteiger partial charge in [0.2, 0.25) is 5.91 Å². The number of carbonyl (C=O) groups is 1. The fraction of sp³-hybridized carbons (Fsp3) is 0.278. The van der Waals surface area contributed by atoms with Crippen LogP contribution in [0.4, 0.5) is 10.1 Å². The molecular weight excluding hydrogens is 295 g/mol. The van der Waals surface area contributed by atoms with Crippen molar-refractivity contribution in [3.63, 3.8) is 0 Å². The fourth-order valence-corrected chi connectivity index (χ4v) is 2.78. The highest BCUT2D eigenvalue weighted by molar-refractivity contribution is 5.95. The van der Waals surface area contributed by atoms with Gasteiger partial charge in [-0.3, -0.25) is 9.69 Å². The van der Waals surface area contributed by atoms with Gasteiger partial charge < -0.3 is 10.1 Å². The van der Waals surface area contributed by atoms with Crippen LogP contribution in [-0.2, 0) is 9.53 Å². The largest absolute Gasteiger partial charge is 0.379 e. The number of anilines is 1. The van der Waals surface area contributed by atoms with E-state index in [0.29, 0.717) is 32.0 Å². The zero-order valence-electron chi connectivity index (χ0n) is 12.7. The zero-order valence-corrected chi connectivity index (χ0v) is 12.7. The number of nitrogens with one attached hydrogen (secondary N) is 1. The smallest absolute Gasteiger partial charge is 0.246 e. The van der Waals surface area contributed by atoms with Gasteiger partial charge in [0.25, 0.3) is 0 Å². The summed E-state index contributed by atoms with van der Waals surface area (Å²) in [6.45, 7) is 2.60. The van der Waals surface area contributed by atoms with Crippen LogP contribution >= 0.6 is 0 Å². The highest BCUT2D eigenvalue weighted by Crippen LogP contribution is 2.24. The van der Waals surface area contributed by atoms with Gasteiger partial charge in [0.15, 0.2) is 0 Å². The average Bonchev–Trinajstić information content (AvgIpc) is 2.57. The van der Waals surface area contributed by atoms with Gasteiger partial charge in [-0.1, -0.05) is 36.4 Å². The van der Waals surface area contributed by atoms with Crippen LogP contribution in [0.1, 0.15) is 11.6 Å². The van der Waals surface area contributed by atoms with E-state index in [1.165, 1.54) is 12.1 Å². The minimum Gasteiger partial charge on any atom is -0.379 e. The summed E-state index contributed by atoms with van der Waals surface area (Å²) in [6, 6.07) is 15.1. The minimum absolute atomic E-state index is 0.163. The van der Waals surface area contributed by atoms with Crippen LogP contribution in [0.25, 0.3) is 0 Å². The Hall–Kier alpha value is -2.24. The first kappa shape index (κ1) is 15.6. The summed E-state index contributed by atoms with van der Waals surface area (Å²) in [5.74, 6) is -0.533. The van der Waals surface area contributed by atoms with Gasteiger partial charge in [-0.2, -0.15) is 0 Å². The van der Waals surface area contributed by atoms with Crippen molar-refractivity contribution in [1.82, 2.24) is 4.90 Å². The third-order valence-corrected chi connectivity index (χ3v) is 3.87. The van der Waals surface area contributed by atoms with Crippen LogP contribution in [0.3, 0.4) is 0 Å². The first-order valence-corrected chi connectivity index (χ1v) is 7.67. The molecule has 1 saturated heterocycles. The third-order valence-electron chi connectivity index (χ3n) is 3.87. The molecule has 0 radical (unpaired) electrons. The van der Waals surface area contributed by atoms with Gasteiger partial charge in [0, 0.05) is 18.8 Å². The molecule has 0 aliphatic carbocycles. The van der Waals surface area contributed by atoms with Crippen LogP contribution in [0, 0.1) is 5.82 Å². The number of rotatable bonds is 4. The van der Waals surface area contributed by atoms with E-state index in [4.69, 9.17) is 4.74 Å². The molecule has 1 aliphatic rings. The average molecular weight is 314 g/mol. The number of morpholine rings is 1. The van der Waals surface area contributed by atoms with Crippen molar-refractivity contribution in [3.8, 4) is 0 Å². The van der Waals surface area contributed by atoms with Crippen molar-refractivity contribution < 1.29 is 13.9 Å². The summed E-state index contributed by atoms with van der Waals surface area (Å²) in [4.78, 5) is 14.9. The molecule has 2 aromatic carbocycles. The number of nitrogens with zero attached hydrogens (tertiary/aromatic N) is 1. The van der Waals surface area contributed by atoms with Crippen molar-refractivity contribution in [2.45, 2.75) is 6.04 Å². The first-order chi connectivity index (χ1) is 11.2. The van der Waals surface area contributed by atoms with Crippen LogP contribution in [0.15, 0.2) is 54.6 Å². The molecular formula is C18H19FN2O2. The fourth-order valence-electron chi connectivity index (χ4n) is 2.78. The van der Waals surface area contributed by atoms with Crippen molar-refractivity contribution >= 4 is 11.6 Å². The Morgan fingerprint density at radius 1 is 1.09 bits per heavy atom. The molecule has 1 atom stereocenters. The lowest BCUT2D eigenvalue weighted by atomic mass is 10.0. The van der Waals surface area contributed by atoms with Crippen LogP contribution in [0.5, 0.6) is 0 Å². The summed E-state index contributed by atoms with van der Waals surface area (Å²) in [6.07, 6.45) is 0. The molecule has 1 aliphatic heterocycles. The van der Waals surface area contributed by atoms with E-state index < -0.39 is 6.04 Å². The molecule has 5 heteroatoms. The molecule has 0 saturated carbocycles. The number of ether oxygens (including phenoxy) is 1. The summed E-state index contributed by atoms with van der Waals surface area (Å²) < 4.78 is 18.7. The molecule has 4 nitrogen and oxygen atoms in total. The molecule has 2 aromatic rings. The van der Waals surface area contributed by atoms with Gasteiger partial charge in [-0.05, 0) is 23.8 Å².